The Kier molecular flexibility index (Phi) is 16.3. The maximum atomic E-state index is 17.1. The summed E-state index contributed by atoms with van der Waals surface area (Å²) in [4.78, 5) is 66.6. The molecule has 4 fully saturated rings. The molecule has 7 atom stereocenters. The molecule has 6 aromatic rings. The molecule has 7 heterocycles. The Morgan fingerprint density at radius 1 is 1.00 bits per heavy atom. The van der Waals surface area contributed by atoms with E-state index >= 15 is 4.39 Å². The summed E-state index contributed by atoms with van der Waals surface area (Å²) in [5, 5.41) is 21.0. The van der Waals surface area contributed by atoms with Gasteiger partial charge in [0.2, 0.25) is 17.7 Å². The number of nitrogen functional groups attached to an aromatic ring is 1. The predicted molar refractivity (Wildman–Crippen MR) is 296 cm³/mol. The van der Waals surface area contributed by atoms with Crippen molar-refractivity contribution in [2.75, 3.05) is 63.2 Å². The number of aliphatic hydroxyl groups is 1. The molecule has 3 amide bonds. The molecule has 17 nitrogen and oxygen atoms in total. The van der Waals surface area contributed by atoms with Gasteiger partial charge in [-0.25, -0.2) is 18.7 Å². The van der Waals surface area contributed by atoms with Crippen molar-refractivity contribution in [3.63, 3.8) is 0 Å². The van der Waals surface area contributed by atoms with Crippen LogP contribution in [0.25, 0.3) is 42.7 Å². The Morgan fingerprint density at radius 2 is 1.77 bits per heavy atom. The van der Waals surface area contributed by atoms with Crippen LogP contribution < -0.4 is 31.3 Å². The first-order valence-corrected chi connectivity index (χ1v) is 28.6. The average Bonchev–Trinajstić information content (AvgIpc) is 4.29. The van der Waals surface area contributed by atoms with Crippen molar-refractivity contribution in [3.8, 4) is 27.6 Å². The number of likely N-dealkylation sites (tertiary alicyclic amines) is 2. The van der Waals surface area contributed by atoms with Gasteiger partial charge < -0.3 is 46.1 Å². The van der Waals surface area contributed by atoms with Gasteiger partial charge in [-0.2, -0.15) is 9.97 Å². The SMILES string of the molecule is Cc1ncsc1-c1ccc([C@H](C)NC(=O)[C@@H]2C[C@@H](O)CN2C(=O)[C@@H](NC(=O)CCOCCCN2CCCC2COc2nc(N3CC4CCC(C3)N4)c3cc(Cl)c(-c4ccc(F)c5sc(N)nc45)c(F)c3n2)C(C)(C)C)cc1. The van der Waals surface area contributed by atoms with Crippen LogP contribution in [0.3, 0.4) is 0 Å². The molecule has 4 aliphatic rings. The highest BCUT2D eigenvalue weighted by Gasteiger charge is 2.45. The molecule has 4 aliphatic heterocycles. The number of rotatable bonds is 18. The zero-order valence-corrected chi connectivity index (χ0v) is 46.3. The topological polar surface area (TPSA) is 213 Å². The number of aliphatic hydroxyl groups excluding tert-OH is 1. The number of amides is 3. The summed E-state index contributed by atoms with van der Waals surface area (Å²) in [6, 6.07) is 10.7. The van der Waals surface area contributed by atoms with Crippen LogP contribution >= 0.6 is 34.3 Å². The molecule has 2 bridgehead atoms. The number of nitrogens with zero attached hydrogens (tertiary/aromatic N) is 7. The summed E-state index contributed by atoms with van der Waals surface area (Å²) < 4.78 is 44.5. The van der Waals surface area contributed by atoms with Gasteiger partial charge in [0.05, 0.1) is 50.1 Å². The van der Waals surface area contributed by atoms with E-state index in [0.717, 1.165) is 65.3 Å². The van der Waals surface area contributed by atoms with Crippen LogP contribution in [0, 0.1) is 24.0 Å². The molecule has 0 aliphatic carbocycles. The lowest BCUT2D eigenvalue weighted by molar-refractivity contribution is -0.144. The van der Waals surface area contributed by atoms with E-state index in [9.17, 15) is 23.9 Å². The number of nitrogens with one attached hydrogen (secondary N) is 3. The Bertz CT molecular complexity index is 3150. The van der Waals surface area contributed by atoms with E-state index in [2.05, 4.69) is 40.7 Å². The number of halogens is 3. The normalized spacial score (nSPS) is 21.5. The van der Waals surface area contributed by atoms with E-state index in [1.54, 1.807) is 17.4 Å². The van der Waals surface area contributed by atoms with Crippen molar-refractivity contribution < 1.29 is 37.7 Å². The number of aromatic nitrogens is 4. The maximum absolute atomic E-state index is 17.1. The van der Waals surface area contributed by atoms with Gasteiger partial charge in [-0.3, -0.25) is 19.3 Å². The number of benzene rings is 3. The Labute approximate surface area is 459 Å². The van der Waals surface area contributed by atoms with Crippen LogP contribution in [0.1, 0.15) is 89.9 Å². The first-order chi connectivity index (χ1) is 36.9. The number of aryl methyl sites for hydroxylation is 1. The molecule has 0 spiro atoms. The number of β-amino-alcohol motifs (C(OH)–C–C–N with tert-alkyl or cyclic N) is 1. The van der Waals surface area contributed by atoms with Gasteiger partial charge in [0.1, 0.15) is 35.8 Å². The number of piperazine rings is 1. The molecule has 410 valence electrons. The number of anilines is 2. The number of thiazole rings is 2. The molecular formula is C55H66ClF2N11O6S2. The minimum absolute atomic E-state index is 0.0238. The van der Waals surface area contributed by atoms with Crippen LogP contribution in [0.15, 0.2) is 48.0 Å². The molecule has 22 heteroatoms. The van der Waals surface area contributed by atoms with Gasteiger partial charge in [0.15, 0.2) is 10.9 Å². The van der Waals surface area contributed by atoms with Gasteiger partial charge in [-0.1, -0.05) is 68.0 Å². The second kappa shape index (κ2) is 23.0. The fraction of sp³-hybridized carbons (Fsp3) is 0.509. The number of carbonyl (C=O) groups excluding carboxylic acids is 3. The van der Waals surface area contributed by atoms with Crippen molar-refractivity contribution in [1.82, 2.24) is 45.7 Å². The van der Waals surface area contributed by atoms with Crippen molar-refractivity contribution in [3.05, 3.63) is 75.9 Å². The number of nitrogens with two attached hydrogens (primary N) is 1. The van der Waals surface area contributed by atoms with Crippen LogP contribution in [-0.4, -0.2) is 141 Å². The summed E-state index contributed by atoms with van der Waals surface area (Å²) >= 11 is 9.46. The van der Waals surface area contributed by atoms with Crippen molar-refractivity contribution in [1.29, 1.82) is 0 Å². The number of carbonyl (C=O) groups is 3. The highest BCUT2D eigenvalue weighted by Crippen LogP contribution is 2.43. The number of hydrogen-bond acceptors (Lipinski definition) is 16. The molecule has 10 rings (SSSR count). The highest BCUT2D eigenvalue weighted by atomic mass is 35.5. The zero-order valence-electron chi connectivity index (χ0n) is 43.9. The highest BCUT2D eigenvalue weighted by molar-refractivity contribution is 7.22. The monoisotopic (exact) mass is 1110 g/mol. The van der Waals surface area contributed by atoms with E-state index in [1.165, 1.54) is 17.0 Å². The standard InChI is InChI=1S/C55H66ClF2N11O6S2/c1-29(31-9-11-32(12-10-31)47-30(2)60-28-76-47)61-51(72)41-22-36(70)26-69(41)52(73)49(55(3,4)5)63-42(71)17-21-74-20-7-19-67-18-6-8-35(67)27-75-54-65-45-38(50(66-54)68-24-33-13-14-34(25-68)62-33)23-39(56)43(44(45)58)37-15-16-40(57)48-46(37)64-53(59)77-48/h9-12,15-16,23,28-29,33-36,41,49,62,70H,6-8,13-14,17-22,24-27H2,1-5H3,(H2,59,64)(H,61,72)(H,63,71)/t29-,33?,34?,35?,36+,41-,49+/m0/s1. The summed E-state index contributed by atoms with van der Waals surface area (Å²) in [5.74, 6) is -1.82. The first-order valence-electron chi connectivity index (χ1n) is 26.5. The molecular weight excluding hydrogens is 1050 g/mol. The van der Waals surface area contributed by atoms with Gasteiger partial charge in [0, 0.05) is 80.3 Å². The molecule has 0 radical (unpaired) electrons. The van der Waals surface area contributed by atoms with Gasteiger partial charge in [-0.05, 0) is 87.2 Å². The van der Waals surface area contributed by atoms with Crippen LogP contribution in [0.4, 0.5) is 19.7 Å². The van der Waals surface area contributed by atoms with Gasteiger partial charge >= 0.3 is 6.01 Å². The van der Waals surface area contributed by atoms with E-state index in [0.29, 0.717) is 49.4 Å². The zero-order chi connectivity index (χ0) is 54.3. The molecule has 4 saturated heterocycles. The van der Waals surface area contributed by atoms with Crippen molar-refractivity contribution in [2.24, 2.45) is 5.41 Å². The molecule has 3 aromatic heterocycles. The molecule has 3 unspecified atom stereocenters. The molecule has 6 N–H and O–H groups in total. The molecule has 3 aromatic carbocycles. The van der Waals surface area contributed by atoms with Gasteiger partial charge in [-0.15, -0.1) is 11.3 Å². The average molecular weight is 1110 g/mol. The Morgan fingerprint density at radius 3 is 2.49 bits per heavy atom. The second-order valence-electron chi connectivity index (χ2n) is 21.9. The van der Waals surface area contributed by atoms with Crippen LogP contribution in [0.2, 0.25) is 5.02 Å². The fourth-order valence-electron chi connectivity index (χ4n) is 11.3. The summed E-state index contributed by atoms with van der Waals surface area (Å²) in [5.41, 5.74) is 10.6. The van der Waals surface area contributed by atoms with Crippen LogP contribution in [0.5, 0.6) is 6.01 Å². The lowest BCUT2D eigenvalue weighted by Gasteiger charge is -2.35. The Hall–Kier alpha value is -5.68. The maximum Gasteiger partial charge on any atom is 0.319 e. The van der Waals surface area contributed by atoms with Crippen molar-refractivity contribution >= 4 is 84.1 Å². The summed E-state index contributed by atoms with van der Waals surface area (Å²) in [7, 11) is 0. The lowest BCUT2D eigenvalue weighted by atomic mass is 9.85. The summed E-state index contributed by atoms with van der Waals surface area (Å²) in [6.45, 7) is 13.1. The minimum atomic E-state index is -0.958. The molecule has 0 saturated carbocycles. The minimum Gasteiger partial charge on any atom is -0.462 e. The van der Waals surface area contributed by atoms with Gasteiger partial charge in [0.25, 0.3) is 0 Å². The number of ether oxygens (including phenoxy) is 2. The van der Waals surface area contributed by atoms with Crippen LogP contribution in [-0.2, 0) is 19.1 Å². The largest absolute Gasteiger partial charge is 0.462 e. The third-order valence-electron chi connectivity index (χ3n) is 15.3. The van der Waals surface area contributed by atoms with E-state index < -0.39 is 41.1 Å². The van der Waals surface area contributed by atoms with E-state index in [-0.39, 0.29) is 106 Å². The van der Waals surface area contributed by atoms with Crippen molar-refractivity contribution in [2.45, 2.75) is 122 Å². The summed E-state index contributed by atoms with van der Waals surface area (Å²) in [6.07, 6.45) is 3.82. The Balaban J connectivity index is 0.725. The smallest absolute Gasteiger partial charge is 0.319 e. The quantitative estimate of drug-likeness (QED) is 0.0520. The molecule has 77 heavy (non-hydrogen) atoms. The first kappa shape index (κ1) is 54.7. The second-order valence-corrected chi connectivity index (χ2v) is 24.2. The number of fused-ring (bicyclic) bond motifs is 4. The third-order valence-corrected chi connectivity index (χ3v) is 17.5. The van der Waals surface area contributed by atoms with E-state index in [4.69, 9.17) is 31.8 Å². The number of hydrogen-bond donors (Lipinski definition) is 5. The third kappa shape index (κ3) is 11.9. The lowest BCUT2D eigenvalue weighted by Crippen LogP contribution is -2.58. The fourth-order valence-corrected chi connectivity index (χ4v) is 13.2. The predicted octanol–water partition coefficient (Wildman–Crippen LogP) is 7.80. The van der Waals surface area contributed by atoms with E-state index in [1.807, 2.05) is 64.4 Å².